The molecule has 0 unspecified atom stereocenters. The third-order valence-electron chi connectivity index (χ3n) is 1.25. The third kappa shape index (κ3) is 3.42. The van der Waals surface area contributed by atoms with Crippen LogP contribution in [0.25, 0.3) is 0 Å². The van der Waals surface area contributed by atoms with Crippen molar-refractivity contribution < 1.29 is 14.6 Å². The summed E-state index contributed by atoms with van der Waals surface area (Å²) >= 11 is 0. The van der Waals surface area contributed by atoms with Gasteiger partial charge in [0.2, 0.25) is 0 Å². The Morgan fingerprint density at radius 2 is 2.30 bits per heavy atom. The number of esters is 1. The zero-order chi connectivity index (χ0) is 8.15. The summed E-state index contributed by atoms with van der Waals surface area (Å²) in [5.74, 6) is -0.395. The maximum absolute atomic E-state index is 10.5. The summed E-state index contributed by atoms with van der Waals surface area (Å²) in [4.78, 5) is 10.5. The van der Waals surface area contributed by atoms with Crippen molar-refractivity contribution in [3.8, 4) is 0 Å². The average Bonchev–Trinajstić information content (AvgIpc) is 1.87. The molecule has 2 atom stereocenters. The molecule has 4 heteroatoms. The van der Waals surface area contributed by atoms with Crippen molar-refractivity contribution in [3.05, 3.63) is 0 Å². The van der Waals surface area contributed by atoms with Crippen LogP contribution in [0.15, 0.2) is 0 Å². The Kier molecular flexibility index (Phi) is 3.99. The number of aliphatic hydroxyl groups excluding tert-OH is 1. The first-order valence-corrected chi connectivity index (χ1v) is 3.08. The Balaban J connectivity index is 3.57. The monoisotopic (exact) mass is 147 g/mol. The van der Waals surface area contributed by atoms with Crippen LogP contribution in [0.4, 0.5) is 0 Å². The van der Waals surface area contributed by atoms with E-state index >= 15 is 0 Å². The van der Waals surface area contributed by atoms with E-state index < -0.39 is 18.1 Å². The molecule has 0 saturated carbocycles. The quantitative estimate of drug-likeness (QED) is 0.515. The molecular formula is C6H13NO3. The first-order valence-electron chi connectivity index (χ1n) is 3.08. The molecule has 0 saturated heterocycles. The lowest BCUT2D eigenvalue weighted by atomic mass is 10.1. The van der Waals surface area contributed by atoms with Gasteiger partial charge in [-0.25, -0.2) is 0 Å². The van der Waals surface area contributed by atoms with Gasteiger partial charge in [-0.3, -0.25) is 4.79 Å². The summed E-state index contributed by atoms with van der Waals surface area (Å²) < 4.78 is 4.34. The lowest BCUT2D eigenvalue weighted by molar-refractivity contribution is -0.141. The van der Waals surface area contributed by atoms with Crippen LogP contribution in [0.2, 0.25) is 0 Å². The standard InChI is InChI=1S/C6H13NO3/c1-4(8)5(7)3-6(9)10-2/h4-5,8H,3,7H2,1-2H3/t4-,5-/m1/s1. The second-order valence-electron chi connectivity index (χ2n) is 2.18. The minimum absolute atomic E-state index is 0.0637. The van der Waals surface area contributed by atoms with E-state index in [4.69, 9.17) is 10.8 Å². The average molecular weight is 147 g/mol. The molecule has 0 aliphatic rings. The Morgan fingerprint density at radius 3 is 2.60 bits per heavy atom. The molecule has 0 amide bonds. The van der Waals surface area contributed by atoms with Crippen LogP contribution >= 0.6 is 0 Å². The van der Waals surface area contributed by atoms with Crippen molar-refractivity contribution in [1.82, 2.24) is 0 Å². The number of ether oxygens (including phenoxy) is 1. The van der Waals surface area contributed by atoms with E-state index in [1.165, 1.54) is 14.0 Å². The van der Waals surface area contributed by atoms with Gasteiger partial charge in [0, 0.05) is 6.04 Å². The summed E-state index contributed by atoms with van der Waals surface area (Å²) in [6.07, 6.45) is -0.604. The van der Waals surface area contributed by atoms with Gasteiger partial charge >= 0.3 is 5.97 Å². The lowest BCUT2D eigenvalue weighted by Gasteiger charge is -2.11. The van der Waals surface area contributed by atoms with E-state index in [2.05, 4.69) is 4.74 Å². The Morgan fingerprint density at radius 1 is 1.80 bits per heavy atom. The van der Waals surface area contributed by atoms with Crippen LogP contribution in [0.5, 0.6) is 0 Å². The maximum atomic E-state index is 10.5. The molecular weight excluding hydrogens is 134 g/mol. The van der Waals surface area contributed by atoms with Crippen LogP contribution < -0.4 is 5.73 Å². The van der Waals surface area contributed by atoms with Gasteiger partial charge in [-0.15, -0.1) is 0 Å². The molecule has 0 aromatic rings. The Hall–Kier alpha value is -0.610. The van der Waals surface area contributed by atoms with Crippen molar-refractivity contribution >= 4 is 5.97 Å². The van der Waals surface area contributed by atoms with Gasteiger partial charge in [0.1, 0.15) is 0 Å². The van der Waals surface area contributed by atoms with Gasteiger partial charge in [0.05, 0.1) is 19.6 Å². The molecule has 10 heavy (non-hydrogen) atoms. The molecule has 0 radical (unpaired) electrons. The number of nitrogens with two attached hydrogens (primary N) is 1. The number of hydrogen-bond donors (Lipinski definition) is 2. The predicted octanol–water partition coefficient (Wildman–Crippen LogP) is -0.742. The summed E-state index contributed by atoms with van der Waals surface area (Å²) in [5, 5.41) is 8.83. The number of aliphatic hydroxyl groups is 1. The van der Waals surface area contributed by atoms with Gasteiger partial charge in [-0.1, -0.05) is 0 Å². The number of rotatable bonds is 3. The fraction of sp³-hybridized carbons (Fsp3) is 0.833. The highest BCUT2D eigenvalue weighted by Gasteiger charge is 2.13. The molecule has 0 fully saturated rings. The van der Waals surface area contributed by atoms with Crippen LogP contribution in [-0.2, 0) is 9.53 Å². The number of carbonyl (C=O) groups excluding carboxylic acids is 1. The van der Waals surface area contributed by atoms with E-state index in [-0.39, 0.29) is 6.42 Å². The highest BCUT2D eigenvalue weighted by molar-refractivity contribution is 5.69. The smallest absolute Gasteiger partial charge is 0.307 e. The van der Waals surface area contributed by atoms with Crippen molar-refractivity contribution in [3.63, 3.8) is 0 Å². The molecule has 60 valence electrons. The van der Waals surface area contributed by atoms with E-state index in [0.717, 1.165) is 0 Å². The largest absolute Gasteiger partial charge is 0.469 e. The number of carbonyl (C=O) groups is 1. The van der Waals surface area contributed by atoms with Crippen LogP contribution in [0.1, 0.15) is 13.3 Å². The minimum atomic E-state index is -0.668. The van der Waals surface area contributed by atoms with Crippen LogP contribution in [-0.4, -0.2) is 30.3 Å². The molecule has 0 rings (SSSR count). The highest BCUT2D eigenvalue weighted by Crippen LogP contribution is 1.95. The fourth-order valence-electron chi connectivity index (χ4n) is 0.446. The third-order valence-corrected chi connectivity index (χ3v) is 1.25. The van der Waals surface area contributed by atoms with Gasteiger partial charge in [-0.05, 0) is 6.92 Å². The predicted molar refractivity (Wildman–Crippen MR) is 36.3 cm³/mol. The summed E-state index contributed by atoms with van der Waals surface area (Å²) in [7, 11) is 1.29. The van der Waals surface area contributed by atoms with E-state index in [1.807, 2.05) is 0 Å². The van der Waals surface area contributed by atoms with Gasteiger partial charge in [0.15, 0.2) is 0 Å². The molecule has 0 heterocycles. The van der Waals surface area contributed by atoms with E-state index in [0.29, 0.717) is 0 Å². The topological polar surface area (TPSA) is 72.5 Å². The van der Waals surface area contributed by atoms with Crippen molar-refractivity contribution in [2.45, 2.75) is 25.5 Å². The van der Waals surface area contributed by atoms with Crippen molar-refractivity contribution in [1.29, 1.82) is 0 Å². The SMILES string of the molecule is COC(=O)C[C@@H](N)[C@@H](C)O. The van der Waals surface area contributed by atoms with Gasteiger partial charge in [0.25, 0.3) is 0 Å². The molecule has 0 aromatic heterocycles. The molecule has 0 spiro atoms. The summed E-state index contributed by atoms with van der Waals surface area (Å²) in [6.45, 7) is 1.54. The second-order valence-corrected chi connectivity index (χ2v) is 2.18. The fourth-order valence-corrected chi connectivity index (χ4v) is 0.446. The minimum Gasteiger partial charge on any atom is -0.469 e. The Bertz CT molecular complexity index is 114. The molecule has 4 nitrogen and oxygen atoms in total. The molecule has 0 aliphatic heterocycles. The van der Waals surface area contributed by atoms with Crippen molar-refractivity contribution in [2.24, 2.45) is 5.73 Å². The van der Waals surface area contributed by atoms with E-state index in [9.17, 15) is 4.79 Å². The maximum Gasteiger partial charge on any atom is 0.307 e. The zero-order valence-electron chi connectivity index (χ0n) is 6.20. The first kappa shape index (κ1) is 9.39. The number of hydrogen-bond acceptors (Lipinski definition) is 4. The molecule has 0 bridgehead atoms. The lowest BCUT2D eigenvalue weighted by Crippen LogP contribution is -2.34. The van der Waals surface area contributed by atoms with Gasteiger partial charge < -0.3 is 15.6 Å². The zero-order valence-corrected chi connectivity index (χ0v) is 6.20. The molecule has 0 aliphatic carbocycles. The summed E-state index contributed by atoms with van der Waals surface area (Å²) in [5.41, 5.74) is 5.34. The number of methoxy groups -OCH3 is 1. The van der Waals surface area contributed by atoms with Gasteiger partial charge in [-0.2, -0.15) is 0 Å². The van der Waals surface area contributed by atoms with E-state index in [1.54, 1.807) is 0 Å². The first-order chi connectivity index (χ1) is 4.57. The highest BCUT2D eigenvalue weighted by atomic mass is 16.5. The molecule has 3 N–H and O–H groups in total. The second kappa shape index (κ2) is 4.24. The van der Waals surface area contributed by atoms with Crippen LogP contribution in [0, 0.1) is 0 Å². The molecule has 0 aromatic carbocycles. The summed E-state index contributed by atoms with van der Waals surface area (Å²) in [6, 6.07) is -0.521. The normalized spacial score (nSPS) is 16.0. The van der Waals surface area contributed by atoms with Crippen molar-refractivity contribution in [2.75, 3.05) is 7.11 Å². The Labute approximate surface area is 60.0 Å². The van der Waals surface area contributed by atoms with Crippen LogP contribution in [0.3, 0.4) is 0 Å².